The van der Waals surface area contributed by atoms with E-state index in [1.54, 1.807) is 0 Å². The number of rotatable bonds is 4. The maximum Gasteiger partial charge on any atom is 0.227 e. The number of amides is 2. The van der Waals surface area contributed by atoms with Gasteiger partial charge in [0, 0.05) is 38.0 Å². The number of nitrogens with zero attached hydrogens (tertiary/aromatic N) is 2. The Bertz CT molecular complexity index is 501. The van der Waals surface area contributed by atoms with E-state index >= 15 is 0 Å². The van der Waals surface area contributed by atoms with E-state index in [0.717, 1.165) is 51.6 Å². The first-order chi connectivity index (χ1) is 12.6. The van der Waals surface area contributed by atoms with Crippen LogP contribution in [-0.2, 0) is 14.4 Å². The quantitative estimate of drug-likeness (QED) is 0.772. The minimum absolute atomic E-state index is 0.0609. The van der Waals surface area contributed by atoms with Crippen molar-refractivity contribution >= 4 is 17.6 Å². The first-order valence-electron chi connectivity index (χ1n) is 10.7. The monoisotopic (exact) mass is 362 g/mol. The molecule has 146 valence electrons. The van der Waals surface area contributed by atoms with Crippen LogP contribution in [0, 0.1) is 11.8 Å². The molecule has 3 aliphatic rings. The van der Waals surface area contributed by atoms with Gasteiger partial charge in [0.1, 0.15) is 5.78 Å². The first-order valence-corrected chi connectivity index (χ1v) is 10.7. The standard InChI is InChI=1S/C21H34N2O3/c1-3-15-9-5-7-11-22(15)20(25)18-13-17(24)14-19(18)21(26)23-12-8-6-10-16(23)4-2/h15-16,18-19H,3-14H2,1-2H3/t15-,16+,18-,19+. The molecule has 0 unspecified atom stereocenters. The highest BCUT2D eigenvalue weighted by Crippen LogP contribution is 2.36. The first kappa shape index (κ1) is 19.4. The molecule has 3 fully saturated rings. The van der Waals surface area contributed by atoms with Crippen LogP contribution in [0.25, 0.3) is 0 Å². The fourth-order valence-corrected chi connectivity index (χ4v) is 5.23. The van der Waals surface area contributed by atoms with Crippen LogP contribution in [0.1, 0.15) is 78.1 Å². The SMILES string of the molecule is CC[C@H]1CCCCN1C(=O)[C@H]1CC(=O)C[C@H]1C(=O)N1CCCC[C@H]1CC. The summed E-state index contributed by atoms with van der Waals surface area (Å²) in [4.78, 5) is 42.7. The molecule has 26 heavy (non-hydrogen) atoms. The summed E-state index contributed by atoms with van der Waals surface area (Å²) in [6.07, 6.45) is 8.92. The van der Waals surface area contributed by atoms with E-state index < -0.39 is 11.8 Å². The van der Waals surface area contributed by atoms with Gasteiger partial charge in [-0.05, 0) is 51.4 Å². The van der Waals surface area contributed by atoms with Gasteiger partial charge in [-0.1, -0.05) is 13.8 Å². The van der Waals surface area contributed by atoms with Gasteiger partial charge < -0.3 is 9.80 Å². The van der Waals surface area contributed by atoms with Gasteiger partial charge in [0.25, 0.3) is 0 Å². The molecule has 0 N–H and O–H groups in total. The summed E-state index contributed by atoms with van der Waals surface area (Å²) in [6, 6.07) is 0.558. The molecule has 0 aromatic heterocycles. The minimum atomic E-state index is -0.429. The summed E-state index contributed by atoms with van der Waals surface area (Å²) in [5.74, 6) is -0.656. The van der Waals surface area contributed by atoms with Crippen molar-refractivity contribution < 1.29 is 14.4 Å². The number of ketones is 1. The lowest BCUT2D eigenvalue weighted by Gasteiger charge is -2.40. The van der Waals surface area contributed by atoms with Crippen molar-refractivity contribution in [3.63, 3.8) is 0 Å². The summed E-state index contributed by atoms with van der Waals surface area (Å²) < 4.78 is 0. The molecule has 2 amide bonds. The van der Waals surface area contributed by atoms with E-state index in [4.69, 9.17) is 0 Å². The molecule has 0 radical (unpaired) electrons. The lowest BCUT2D eigenvalue weighted by molar-refractivity contribution is -0.149. The van der Waals surface area contributed by atoms with Crippen molar-refractivity contribution in [1.29, 1.82) is 0 Å². The van der Waals surface area contributed by atoms with E-state index in [1.807, 2.05) is 9.80 Å². The Labute approximate surface area is 157 Å². The largest absolute Gasteiger partial charge is 0.339 e. The van der Waals surface area contributed by atoms with Crippen LogP contribution in [-0.4, -0.2) is 52.6 Å². The lowest BCUT2D eigenvalue weighted by Crippen LogP contribution is -2.51. The van der Waals surface area contributed by atoms with Crippen LogP contribution >= 0.6 is 0 Å². The smallest absolute Gasteiger partial charge is 0.227 e. The molecule has 0 aromatic rings. The van der Waals surface area contributed by atoms with Crippen LogP contribution in [0.15, 0.2) is 0 Å². The molecule has 1 saturated carbocycles. The van der Waals surface area contributed by atoms with Crippen LogP contribution in [0.4, 0.5) is 0 Å². The molecule has 2 heterocycles. The zero-order valence-electron chi connectivity index (χ0n) is 16.4. The summed E-state index contributed by atoms with van der Waals surface area (Å²) in [5, 5.41) is 0. The molecule has 0 aromatic carbocycles. The molecular weight excluding hydrogens is 328 g/mol. The third kappa shape index (κ3) is 3.81. The van der Waals surface area contributed by atoms with E-state index in [0.29, 0.717) is 0 Å². The van der Waals surface area contributed by atoms with Gasteiger partial charge >= 0.3 is 0 Å². The lowest BCUT2D eigenvalue weighted by atomic mass is 9.89. The average Bonchev–Trinajstić information content (AvgIpc) is 3.08. The molecule has 1 aliphatic carbocycles. The second-order valence-corrected chi connectivity index (χ2v) is 8.34. The number of carbonyl (C=O) groups excluding carboxylic acids is 3. The van der Waals surface area contributed by atoms with Gasteiger partial charge in [0.2, 0.25) is 11.8 Å². The topological polar surface area (TPSA) is 57.7 Å². The van der Waals surface area contributed by atoms with Crippen LogP contribution in [0.2, 0.25) is 0 Å². The van der Waals surface area contributed by atoms with Crippen LogP contribution in [0.5, 0.6) is 0 Å². The molecule has 2 saturated heterocycles. The average molecular weight is 363 g/mol. The van der Waals surface area contributed by atoms with Gasteiger partial charge in [-0.3, -0.25) is 14.4 Å². The van der Waals surface area contributed by atoms with Gasteiger partial charge in [-0.2, -0.15) is 0 Å². The zero-order chi connectivity index (χ0) is 18.7. The Morgan fingerprint density at radius 2 is 1.23 bits per heavy atom. The Balaban J connectivity index is 1.76. The molecule has 4 atom stereocenters. The zero-order valence-corrected chi connectivity index (χ0v) is 16.4. The van der Waals surface area contributed by atoms with Crippen LogP contribution < -0.4 is 0 Å². The number of hydrogen-bond donors (Lipinski definition) is 0. The highest BCUT2D eigenvalue weighted by Gasteiger charge is 2.46. The van der Waals surface area contributed by atoms with Gasteiger partial charge in [0.15, 0.2) is 0 Å². The maximum absolute atomic E-state index is 13.3. The molecular formula is C21H34N2O3. The maximum atomic E-state index is 13.3. The van der Waals surface area contributed by atoms with E-state index in [9.17, 15) is 14.4 Å². The van der Waals surface area contributed by atoms with Crippen molar-refractivity contribution in [2.24, 2.45) is 11.8 Å². The molecule has 5 nitrogen and oxygen atoms in total. The Kier molecular flexibility index (Phi) is 6.36. The fourth-order valence-electron chi connectivity index (χ4n) is 5.23. The normalized spacial score (nSPS) is 32.8. The third-order valence-electron chi connectivity index (χ3n) is 6.78. The van der Waals surface area contributed by atoms with E-state index in [1.165, 1.54) is 12.8 Å². The van der Waals surface area contributed by atoms with Gasteiger partial charge in [-0.15, -0.1) is 0 Å². The Hall–Kier alpha value is -1.39. The van der Waals surface area contributed by atoms with Gasteiger partial charge in [-0.25, -0.2) is 0 Å². The predicted octanol–water partition coefficient (Wildman–Crippen LogP) is 3.16. The number of carbonyl (C=O) groups is 3. The summed E-state index contributed by atoms with van der Waals surface area (Å²) in [5.41, 5.74) is 0. The van der Waals surface area contributed by atoms with E-state index in [2.05, 4.69) is 13.8 Å². The highest BCUT2D eigenvalue weighted by molar-refractivity contribution is 5.98. The predicted molar refractivity (Wildman–Crippen MR) is 101 cm³/mol. The number of likely N-dealkylation sites (tertiary alicyclic amines) is 2. The van der Waals surface area contributed by atoms with Crippen molar-refractivity contribution in [3.05, 3.63) is 0 Å². The van der Waals surface area contributed by atoms with Crippen molar-refractivity contribution in [2.45, 2.75) is 90.1 Å². The third-order valence-corrected chi connectivity index (χ3v) is 6.78. The summed E-state index contributed by atoms with van der Waals surface area (Å²) in [7, 11) is 0. The van der Waals surface area contributed by atoms with Crippen molar-refractivity contribution in [3.8, 4) is 0 Å². The second kappa shape index (κ2) is 8.53. The molecule has 3 rings (SSSR count). The summed E-state index contributed by atoms with van der Waals surface area (Å²) >= 11 is 0. The second-order valence-electron chi connectivity index (χ2n) is 8.34. The number of hydrogen-bond acceptors (Lipinski definition) is 3. The summed E-state index contributed by atoms with van der Waals surface area (Å²) in [6.45, 7) is 5.81. The Morgan fingerprint density at radius 1 is 0.808 bits per heavy atom. The molecule has 0 bridgehead atoms. The van der Waals surface area contributed by atoms with Crippen molar-refractivity contribution in [2.75, 3.05) is 13.1 Å². The van der Waals surface area contributed by atoms with Gasteiger partial charge in [0.05, 0.1) is 11.8 Å². The van der Waals surface area contributed by atoms with Crippen LogP contribution in [0.3, 0.4) is 0 Å². The highest BCUT2D eigenvalue weighted by atomic mass is 16.2. The minimum Gasteiger partial charge on any atom is -0.339 e. The number of Topliss-reactive ketones (excluding diaryl/α,β-unsaturated/α-hetero) is 1. The van der Waals surface area contributed by atoms with Crippen molar-refractivity contribution in [1.82, 2.24) is 9.80 Å². The molecule has 2 aliphatic heterocycles. The molecule has 0 spiro atoms. The fraction of sp³-hybridized carbons (Fsp3) is 0.857. The number of piperidine rings is 2. The molecule has 5 heteroatoms. The Morgan fingerprint density at radius 3 is 1.62 bits per heavy atom. The van der Waals surface area contributed by atoms with E-state index in [-0.39, 0.29) is 42.5 Å².